The van der Waals surface area contributed by atoms with Crippen LogP contribution in [0.15, 0.2) is 12.3 Å². The number of rotatable bonds is 3. The fourth-order valence-electron chi connectivity index (χ4n) is 2.17. The van der Waals surface area contributed by atoms with E-state index in [1.165, 1.54) is 12.8 Å². The van der Waals surface area contributed by atoms with Crippen LogP contribution >= 0.6 is 0 Å². The van der Waals surface area contributed by atoms with Crippen molar-refractivity contribution >= 4 is 5.82 Å². The normalized spacial score (nSPS) is 19.1. The van der Waals surface area contributed by atoms with Crippen molar-refractivity contribution in [1.29, 1.82) is 0 Å². The maximum absolute atomic E-state index is 9.44. The Morgan fingerprint density at radius 2 is 2.20 bits per heavy atom. The number of aryl methyl sites for hydroxylation is 1. The summed E-state index contributed by atoms with van der Waals surface area (Å²) >= 11 is 0. The lowest BCUT2D eigenvalue weighted by molar-refractivity contribution is 0.213. The molecule has 0 spiro atoms. The van der Waals surface area contributed by atoms with Crippen molar-refractivity contribution in [3.63, 3.8) is 0 Å². The molecule has 1 saturated carbocycles. The van der Waals surface area contributed by atoms with Crippen LogP contribution in [-0.2, 0) is 0 Å². The van der Waals surface area contributed by atoms with Crippen molar-refractivity contribution in [2.24, 2.45) is 0 Å². The van der Waals surface area contributed by atoms with Crippen LogP contribution in [0, 0.1) is 6.92 Å². The molecule has 0 amide bonds. The number of aliphatic hydroxyl groups is 1. The van der Waals surface area contributed by atoms with Crippen LogP contribution in [0.1, 0.15) is 31.2 Å². The Morgan fingerprint density at radius 1 is 1.47 bits per heavy atom. The van der Waals surface area contributed by atoms with Crippen LogP contribution in [0.2, 0.25) is 0 Å². The molecule has 0 saturated heterocycles. The first-order chi connectivity index (χ1) is 7.24. The van der Waals surface area contributed by atoms with E-state index in [4.69, 9.17) is 0 Å². The number of nitrogens with one attached hydrogen (secondary N) is 1. The lowest BCUT2D eigenvalue weighted by Crippen LogP contribution is -2.39. The van der Waals surface area contributed by atoms with E-state index in [1.54, 1.807) is 6.20 Å². The van der Waals surface area contributed by atoms with Gasteiger partial charge in [-0.3, -0.25) is 0 Å². The third kappa shape index (κ3) is 2.26. The maximum Gasteiger partial charge on any atom is 0.149 e. The Balaban J connectivity index is 2.12. The van der Waals surface area contributed by atoms with Gasteiger partial charge in [0.25, 0.3) is 0 Å². The van der Waals surface area contributed by atoms with Crippen LogP contribution in [0.3, 0.4) is 0 Å². The Kier molecular flexibility index (Phi) is 2.86. The summed E-state index contributed by atoms with van der Waals surface area (Å²) < 4.78 is 0. The number of aliphatic hydroxyl groups excluding tert-OH is 1. The quantitative estimate of drug-likeness (QED) is 0.788. The minimum atomic E-state index is -0.164. The van der Waals surface area contributed by atoms with E-state index < -0.39 is 0 Å². The first-order valence-corrected chi connectivity index (χ1v) is 5.42. The van der Waals surface area contributed by atoms with E-state index in [2.05, 4.69) is 15.5 Å². The second kappa shape index (κ2) is 4.14. The van der Waals surface area contributed by atoms with Crippen LogP contribution in [0.25, 0.3) is 0 Å². The van der Waals surface area contributed by atoms with E-state index in [-0.39, 0.29) is 12.1 Å². The molecule has 0 unspecified atom stereocenters. The predicted octanol–water partition coefficient (Wildman–Crippen LogP) is 1.50. The van der Waals surface area contributed by atoms with E-state index in [1.807, 2.05) is 13.0 Å². The first kappa shape index (κ1) is 10.4. The molecule has 2 rings (SSSR count). The highest BCUT2D eigenvalue weighted by atomic mass is 16.3. The highest BCUT2D eigenvalue weighted by molar-refractivity contribution is 5.38. The average Bonchev–Trinajstić information content (AvgIpc) is 2.67. The Morgan fingerprint density at radius 3 is 2.80 bits per heavy atom. The number of anilines is 1. The molecule has 4 nitrogen and oxygen atoms in total. The van der Waals surface area contributed by atoms with Gasteiger partial charge in [0, 0.05) is 0 Å². The molecule has 2 N–H and O–H groups in total. The molecule has 0 atom stereocenters. The largest absolute Gasteiger partial charge is 0.394 e. The average molecular weight is 207 g/mol. The van der Waals surface area contributed by atoms with Crippen molar-refractivity contribution < 1.29 is 5.11 Å². The van der Waals surface area contributed by atoms with Gasteiger partial charge in [0.05, 0.1) is 18.3 Å². The topological polar surface area (TPSA) is 58.0 Å². The van der Waals surface area contributed by atoms with E-state index in [9.17, 15) is 5.11 Å². The zero-order valence-corrected chi connectivity index (χ0v) is 9.03. The van der Waals surface area contributed by atoms with Crippen LogP contribution < -0.4 is 5.32 Å². The monoisotopic (exact) mass is 207 g/mol. The van der Waals surface area contributed by atoms with Crippen LogP contribution in [0.5, 0.6) is 0 Å². The molecular formula is C11H17N3O. The molecule has 1 fully saturated rings. The van der Waals surface area contributed by atoms with E-state index in [0.717, 1.165) is 24.2 Å². The van der Waals surface area contributed by atoms with Crippen molar-refractivity contribution in [3.8, 4) is 0 Å². The van der Waals surface area contributed by atoms with Crippen molar-refractivity contribution in [1.82, 2.24) is 10.2 Å². The second-order valence-corrected chi connectivity index (χ2v) is 4.39. The summed E-state index contributed by atoms with van der Waals surface area (Å²) in [5.74, 6) is 0.769. The zero-order chi connectivity index (χ0) is 10.7. The molecule has 82 valence electrons. The molecule has 1 aliphatic carbocycles. The maximum atomic E-state index is 9.44. The van der Waals surface area contributed by atoms with Gasteiger partial charge in [0.15, 0.2) is 0 Å². The number of hydrogen-bond acceptors (Lipinski definition) is 4. The molecule has 1 heterocycles. The van der Waals surface area contributed by atoms with Gasteiger partial charge in [-0.2, -0.15) is 5.10 Å². The van der Waals surface area contributed by atoms with Crippen molar-refractivity contribution in [3.05, 3.63) is 17.8 Å². The molecule has 1 aromatic rings. The van der Waals surface area contributed by atoms with Crippen LogP contribution in [0.4, 0.5) is 5.82 Å². The van der Waals surface area contributed by atoms with Gasteiger partial charge in [0.2, 0.25) is 0 Å². The van der Waals surface area contributed by atoms with E-state index in [0.29, 0.717) is 0 Å². The number of nitrogens with zero attached hydrogens (tertiary/aromatic N) is 2. The summed E-state index contributed by atoms with van der Waals surface area (Å²) in [5, 5.41) is 20.7. The summed E-state index contributed by atoms with van der Waals surface area (Å²) in [7, 11) is 0. The molecule has 0 bridgehead atoms. The Labute approximate surface area is 89.7 Å². The summed E-state index contributed by atoms with van der Waals surface area (Å²) in [4.78, 5) is 0. The van der Waals surface area contributed by atoms with Gasteiger partial charge in [-0.1, -0.05) is 12.8 Å². The minimum Gasteiger partial charge on any atom is -0.394 e. The van der Waals surface area contributed by atoms with Gasteiger partial charge >= 0.3 is 0 Å². The molecule has 1 aromatic heterocycles. The summed E-state index contributed by atoms with van der Waals surface area (Å²) in [5.41, 5.74) is 0.918. The summed E-state index contributed by atoms with van der Waals surface area (Å²) in [6.45, 7) is 2.16. The third-order valence-corrected chi connectivity index (χ3v) is 3.05. The number of aromatic nitrogens is 2. The summed E-state index contributed by atoms with van der Waals surface area (Å²) in [6, 6.07) is 1.96. The Bertz CT molecular complexity index is 334. The smallest absolute Gasteiger partial charge is 0.149 e. The Hall–Kier alpha value is -1.16. The molecule has 4 heteroatoms. The standard InChI is InChI=1S/C11H17N3O/c1-9-6-10(14-12-7-9)13-11(8-15)4-2-3-5-11/h6-7,15H,2-5,8H2,1H3,(H,13,14). The molecular weight excluding hydrogens is 190 g/mol. The van der Waals surface area contributed by atoms with Gasteiger partial charge in [0.1, 0.15) is 5.82 Å². The fourth-order valence-corrected chi connectivity index (χ4v) is 2.17. The molecule has 0 aliphatic heterocycles. The van der Waals surface area contributed by atoms with Gasteiger partial charge in [-0.25, -0.2) is 0 Å². The molecule has 15 heavy (non-hydrogen) atoms. The van der Waals surface area contributed by atoms with Gasteiger partial charge in [-0.05, 0) is 31.4 Å². The lowest BCUT2D eigenvalue weighted by Gasteiger charge is -2.28. The fraction of sp³-hybridized carbons (Fsp3) is 0.636. The minimum absolute atomic E-state index is 0.164. The zero-order valence-electron chi connectivity index (χ0n) is 9.03. The molecule has 0 radical (unpaired) electrons. The van der Waals surface area contributed by atoms with Crippen molar-refractivity contribution in [2.45, 2.75) is 38.1 Å². The first-order valence-electron chi connectivity index (χ1n) is 5.42. The van der Waals surface area contributed by atoms with Gasteiger partial charge in [-0.15, -0.1) is 5.10 Å². The van der Waals surface area contributed by atoms with Gasteiger partial charge < -0.3 is 10.4 Å². The van der Waals surface area contributed by atoms with E-state index >= 15 is 0 Å². The number of hydrogen-bond donors (Lipinski definition) is 2. The third-order valence-electron chi connectivity index (χ3n) is 3.05. The second-order valence-electron chi connectivity index (χ2n) is 4.39. The summed E-state index contributed by atoms with van der Waals surface area (Å²) in [6.07, 6.45) is 6.10. The molecule has 0 aromatic carbocycles. The lowest BCUT2D eigenvalue weighted by atomic mass is 9.99. The highest BCUT2D eigenvalue weighted by Gasteiger charge is 2.33. The predicted molar refractivity (Wildman–Crippen MR) is 58.7 cm³/mol. The van der Waals surface area contributed by atoms with Crippen molar-refractivity contribution in [2.75, 3.05) is 11.9 Å². The van der Waals surface area contributed by atoms with Crippen LogP contribution in [-0.4, -0.2) is 27.4 Å². The highest BCUT2D eigenvalue weighted by Crippen LogP contribution is 2.32. The SMILES string of the molecule is Cc1cnnc(NC2(CO)CCCC2)c1. The molecule has 1 aliphatic rings.